The number of aryl methyl sites for hydroxylation is 1. The molecule has 27 heavy (non-hydrogen) atoms. The van der Waals surface area contributed by atoms with Crippen LogP contribution in [0.25, 0.3) is 0 Å². The number of amides is 3. The Morgan fingerprint density at radius 3 is 2.48 bits per heavy atom. The van der Waals surface area contributed by atoms with Gasteiger partial charge in [0.1, 0.15) is 5.75 Å². The third kappa shape index (κ3) is 5.15. The molecule has 6 nitrogen and oxygen atoms in total. The Labute approximate surface area is 161 Å². The summed E-state index contributed by atoms with van der Waals surface area (Å²) in [7, 11) is 1.65. The molecule has 2 fully saturated rings. The first-order chi connectivity index (χ1) is 13.1. The van der Waals surface area contributed by atoms with E-state index >= 15 is 0 Å². The zero-order valence-corrected chi connectivity index (χ0v) is 16.5. The highest BCUT2D eigenvalue weighted by atomic mass is 16.5. The number of rotatable bonds is 4. The second kappa shape index (κ2) is 9.11. The van der Waals surface area contributed by atoms with Gasteiger partial charge in [-0.25, -0.2) is 4.79 Å². The Morgan fingerprint density at radius 1 is 1.07 bits per heavy atom. The second-order valence-corrected chi connectivity index (χ2v) is 7.63. The average Bonchev–Trinajstić information content (AvgIpc) is 3.02. The maximum Gasteiger partial charge on any atom is 0.317 e. The highest BCUT2D eigenvalue weighted by Crippen LogP contribution is 2.20. The van der Waals surface area contributed by atoms with Crippen LogP contribution in [0, 0.1) is 6.92 Å². The highest BCUT2D eigenvalue weighted by Gasteiger charge is 2.24. The van der Waals surface area contributed by atoms with Gasteiger partial charge in [-0.1, -0.05) is 25.0 Å². The van der Waals surface area contributed by atoms with Gasteiger partial charge in [0.25, 0.3) is 0 Å². The Kier molecular flexibility index (Phi) is 6.58. The van der Waals surface area contributed by atoms with Crippen LogP contribution in [0.2, 0.25) is 0 Å². The summed E-state index contributed by atoms with van der Waals surface area (Å²) in [5.74, 6) is 0.961. The molecule has 0 spiro atoms. The summed E-state index contributed by atoms with van der Waals surface area (Å²) >= 11 is 0. The first kappa shape index (κ1) is 19.5. The Morgan fingerprint density at radius 2 is 1.78 bits per heavy atom. The molecule has 148 valence electrons. The van der Waals surface area contributed by atoms with Gasteiger partial charge in [0.05, 0.1) is 13.5 Å². The number of carbonyl (C=O) groups excluding carboxylic acids is 2. The molecule has 0 unspecified atom stereocenters. The van der Waals surface area contributed by atoms with Crippen molar-refractivity contribution in [2.45, 2.75) is 51.5 Å². The van der Waals surface area contributed by atoms with Gasteiger partial charge in [0.2, 0.25) is 5.91 Å². The second-order valence-electron chi connectivity index (χ2n) is 7.63. The SMILES string of the molecule is COc1ccc(CC(=O)N2CCCN(C(=O)NC3CCCC3)CC2)cc1C. The number of hydrogen-bond acceptors (Lipinski definition) is 3. The quantitative estimate of drug-likeness (QED) is 0.883. The molecule has 6 heteroatoms. The number of carbonyl (C=O) groups is 2. The molecule has 0 radical (unpaired) electrons. The topological polar surface area (TPSA) is 61.9 Å². The Balaban J connectivity index is 1.51. The number of nitrogens with one attached hydrogen (secondary N) is 1. The van der Waals surface area contributed by atoms with Crippen molar-refractivity contribution < 1.29 is 14.3 Å². The van der Waals surface area contributed by atoms with Gasteiger partial charge in [0.15, 0.2) is 0 Å². The first-order valence-electron chi connectivity index (χ1n) is 10.0. The Hall–Kier alpha value is -2.24. The molecule has 0 atom stereocenters. The number of methoxy groups -OCH3 is 1. The predicted molar refractivity (Wildman–Crippen MR) is 105 cm³/mol. The van der Waals surface area contributed by atoms with Crippen molar-refractivity contribution in [1.29, 1.82) is 0 Å². The summed E-state index contributed by atoms with van der Waals surface area (Å²) in [6.45, 7) is 4.61. The maximum absolute atomic E-state index is 12.7. The van der Waals surface area contributed by atoms with E-state index in [1.54, 1.807) is 7.11 Å². The minimum absolute atomic E-state index is 0.0296. The number of nitrogens with zero attached hydrogens (tertiary/aromatic N) is 2. The van der Waals surface area contributed by atoms with Crippen LogP contribution in [0.15, 0.2) is 18.2 Å². The Bertz CT molecular complexity index is 671. The van der Waals surface area contributed by atoms with E-state index < -0.39 is 0 Å². The standard InChI is InChI=1S/C21H31N3O3/c1-16-14-17(8-9-19(16)27-2)15-20(25)23-10-5-11-24(13-12-23)21(26)22-18-6-3-4-7-18/h8-9,14,18H,3-7,10-13,15H2,1-2H3,(H,22,26). The van der Waals surface area contributed by atoms with Crippen molar-refractivity contribution in [2.75, 3.05) is 33.3 Å². The summed E-state index contributed by atoms with van der Waals surface area (Å²) in [6, 6.07) is 6.23. The van der Waals surface area contributed by atoms with E-state index in [1.807, 2.05) is 34.9 Å². The minimum atomic E-state index is 0.0296. The molecule has 1 aliphatic heterocycles. The van der Waals surface area contributed by atoms with Crippen molar-refractivity contribution in [3.05, 3.63) is 29.3 Å². The van der Waals surface area contributed by atoms with Crippen LogP contribution in [-0.2, 0) is 11.2 Å². The summed E-state index contributed by atoms with van der Waals surface area (Å²) in [4.78, 5) is 28.9. The summed E-state index contributed by atoms with van der Waals surface area (Å²) in [6.07, 6.45) is 5.80. The molecule has 1 aliphatic carbocycles. The lowest BCUT2D eigenvalue weighted by molar-refractivity contribution is -0.130. The molecule has 3 rings (SSSR count). The van der Waals surface area contributed by atoms with E-state index in [4.69, 9.17) is 4.74 Å². The van der Waals surface area contributed by atoms with Crippen molar-refractivity contribution >= 4 is 11.9 Å². The summed E-state index contributed by atoms with van der Waals surface area (Å²) < 4.78 is 5.28. The average molecular weight is 373 g/mol. The molecular formula is C21H31N3O3. The lowest BCUT2D eigenvalue weighted by Gasteiger charge is -2.24. The fourth-order valence-corrected chi connectivity index (χ4v) is 4.04. The largest absolute Gasteiger partial charge is 0.496 e. The zero-order valence-electron chi connectivity index (χ0n) is 16.5. The molecule has 0 aromatic heterocycles. The van der Waals surface area contributed by atoms with E-state index in [9.17, 15) is 9.59 Å². The van der Waals surface area contributed by atoms with Crippen LogP contribution in [0.5, 0.6) is 5.75 Å². The monoisotopic (exact) mass is 373 g/mol. The maximum atomic E-state index is 12.7. The molecule has 1 N–H and O–H groups in total. The third-order valence-corrected chi connectivity index (χ3v) is 5.63. The number of benzene rings is 1. The third-order valence-electron chi connectivity index (χ3n) is 5.63. The van der Waals surface area contributed by atoms with Crippen LogP contribution in [0.4, 0.5) is 4.79 Å². The molecule has 0 bridgehead atoms. The molecule has 1 aromatic carbocycles. The van der Waals surface area contributed by atoms with Crippen LogP contribution in [0.1, 0.15) is 43.2 Å². The lowest BCUT2D eigenvalue weighted by atomic mass is 10.1. The zero-order chi connectivity index (χ0) is 19.2. The van der Waals surface area contributed by atoms with Crippen molar-refractivity contribution in [3.8, 4) is 5.75 Å². The van der Waals surface area contributed by atoms with Crippen LogP contribution in [-0.4, -0.2) is 61.1 Å². The number of urea groups is 1. The molecule has 1 saturated heterocycles. The summed E-state index contributed by atoms with van der Waals surface area (Å²) in [5.41, 5.74) is 2.03. The van der Waals surface area contributed by atoms with Crippen LogP contribution >= 0.6 is 0 Å². The normalized spacial score (nSPS) is 18.3. The predicted octanol–water partition coefficient (Wildman–Crippen LogP) is 2.73. The fourth-order valence-electron chi connectivity index (χ4n) is 4.04. The van der Waals surface area contributed by atoms with E-state index in [1.165, 1.54) is 12.8 Å². The fraction of sp³-hybridized carbons (Fsp3) is 0.619. The van der Waals surface area contributed by atoms with Crippen LogP contribution in [0.3, 0.4) is 0 Å². The van der Waals surface area contributed by atoms with Gasteiger partial charge in [0, 0.05) is 32.2 Å². The molecule has 2 aliphatic rings. The molecule has 1 aromatic rings. The van der Waals surface area contributed by atoms with E-state index in [2.05, 4.69) is 5.32 Å². The van der Waals surface area contributed by atoms with Gasteiger partial charge in [-0.2, -0.15) is 0 Å². The van der Waals surface area contributed by atoms with E-state index in [0.717, 1.165) is 36.1 Å². The number of hydrogen-bond donors (Lipinski definition) is 1. The van der Waals surface area contributed by atoms with Gasteiger partial charge in [-0.05, 0) is 43.4 Å². The van der Waals surface area contributed by atoms with Gasteiger partial charge < -0.3 is 19.9 Å². The molecular weight excluding hydrogens is 342 g/mol. The lowest BCUT2D eigenvalue weighted by Crippen LogP contribution is -2.45. The van der Waals surface area contributed by atoms with Crippen LogP contribution < -0.4 is 10.1 Å². The summed E-state index contributed by atoms with van der Waals surface area (Å²) in [5, 5.41) is 3.15. The molecule has 1 saturated carbocycles. The first-order valence-corrected chi connectivity index (χ1v) is 10.0. The van der Waals surface area contributed by atoms with Gasteiger partial charge in [-0.15, -0.1) is 0 Å². The smallest absolute Gasteiger partial charge is 0.317 e. The van der Waals surface area contributed by atoms with E-state index in [-0.39, 0.29) is 11.9 Å². The molecule has 3 amide bonds. The highest BCUT2D eigenvalue weighted by molar-refractivity contribution is 5.79. The van der Waals surface area contributed by atoms with Crippen molar-refractivity contribution in [2.24, 2.45) is 0 Å². The number of ether oxygens (including phenoxy) is 1. The van der Waals surface area contributed by atoms with E-state index in [0.29, 0.717) is 38.6 Å². The van der Waals surface area contributed by atoms with Gasteiger partial charge in [-0.3, -0.25) is 4.79 Å². The minimum Gasteiger partial charge on any atom is -0.496 e. The molecule has 1 heterocycles. The van der Waals surface area contributed by atoms with Gasteiger partial charge >= 0.3 is 6.03 Å². The van der Waals surface area contributed by atoms with Crippen molar-refractivity contribution in [3.63, 3.8) is 0 Å². The van der Waals surface area contributed by atoms with Crippen molar-refractivity contribution in [1.82, 2.24) is 15.1 Å².